The topological polar surface area (TPSA) is 146 Å². The third-order valence-corrected chi connectivity index (χ3v) is 5.71. The van der Waals surface area contributed by atoms with Gasteiger partial charge < -0.3 is 39.7 Å². The summed E-state index contributed by atoms with van der Waals surface area (Å²) in [5, 5.41) is 51.1. The first-order valence-electron chi connectivity index (χ1n) is 9.81. The van der Waals surface area contributed by atoms with Gasteiger partial charge in [0.15, 0.2) is 5.78 Å². The summed E-state index contributed by atoms with van der Waals surface area (Å²) in [6.07, 6.45) is -7.17. The molecule has 2 heterocycles. The summed E-state index contributed by atoms with van der Waals surface area (Å²) in [6, 6.07) is 11.3. The molecule has 2 aromatic rings. The van der Waals surface area contributed by atoms with Crippen LogP contribution < -0.4 is 9.47 Å². The minimum Gasteiger partial charge on any atom is -0.496 e. The first kappa shape index (κ1) is 21.7. The van der Waals surface area contributed by atoms with E-state index < -0.39 is 48.7 Å². The van der Waals surface area contributed by atoms with Crippen molar-refractivity contribution in [2.24, 2.45) is 0 Å². The molecule has 4 rings (SSSR count). The molecule has 5 N–H and O–H groups in total. The number of rotatable bonds is 4. The Hall–Kier alpha value is -2.53. The summed E-state index contributed by atoms with van der Waals surface area (Å²) in [7, 11) is 1.36. The molecule has 0 saturated carbocycles. The molecule has 0 radical (unpaired) electrons. The molecule has 6 atom stereocenters. The Bertz CT molecular complexity index is 961. The van der Waals surface area contributed by atoms with Crippen molar-refractivity contribution in [2.45, 2.75) is 42.7 Å². The summed E-state index contributed by atoms with van der Waals surface area (Å²) >= 11 is 0. The molecule has 31 heavy (non-hydrogen) atoms. The van der Waals surface area contributed by atoms with E-state index in [0.29, 0.717) is 5.56 Å². The average Bonchev–Trinajstić information content (AvgIpc) is 2.77. The second-order valence-electron chi connectivity index (χ2n) is 7.70. The number of benzene rings is 2. The van der Waals surface area contributed by atoms with E-state index in [2.05, 4.69) is 0 Å². The highest BCUT2D eigenvalue weighted by Gasteiger charge is 2.46. The molecule has 0 aromatic heterocycles. The fourth-order valence-electron chi connectivity index (χ4n) is 4.05. The Morgan fingerprint density at radius 2 is 1.81 bits per heavy atom. The van der Waals surface area contributed by atoms with Gasteiger partial charge in [0.1, 0.15) is 47.6 Å². The van der Waals surface area contributed by atoms with Crippen LogP contribution >= 0.6 is 0 Å². The van der Waals surface area contributed by atoms with E-state index >= 15 is 0 Å². The first-order valence-corrected chi connectivity index (χ1v) is 9.81. The molecule has 2 aromatic carbocycles. The van der Waals surface area contributed by atoms with Crippen molar-refractivity contribution in [3.05, 3.63) is 59.2 Å². The second kappa shape index (κ2) is 8.19. The summed E-state index contributed by atoms with van der Waals surface area (Å²) < 4.78 is 16.8. The SMILES string of the molecule is COc1cc([C@@H]2O[C@H](CO)[C@@H](O)[C@H](O)[C@H]2O)cc2c1C(=O)CC(O)(c1ccccc1)O2. The Morgan fingerprint density at radius 1 is 1.10 bits per heavy atom. The van der Waals surface area contributed by atoms with Gasteiger partial charge in [0, 0.05) is 5.56 Å². The maximum atomic E-state index is 12.9. The zero-order chi connectivity index (χ0) is 22.3. The molecular weight excluding hydrogens is 408 g/mol. The van der Waals surface area contributed by atoms with Crippen LogP contribution in [0.2, 0.25) is 0 Å². The average molecular weight is 432 g/mol. The normalized spacial score (nSPS) is 32.8. The molecule has 1 saturated heterocycles. The van der Waals surface area contributed by atoms with E-state index in [1.165, 1.54) is 19.2 Å². The van der Waals surface area contributed by atoms with E-state index in [0.717, 1.165) is 0 Å². The van der Waals surface area contributed by atoms with Gasteiger partial charge in [-0.1, -0.05) is 30.3 Å². The fourth-order valence-corrected chi connectivity index (χ4v) is 4.05. The zero-order valence-corrected chi connectivity index (χ0v) is 16.7. The third kappa shape index (κ3) is 3.69. The van der Waals surface area contributed by atoms with Gasteiger partial charge in [0.05, 0.1) is 20.1 Å². The van der Waals surface area contributed by atoms with Crippen LogP contribution in [-0.4, -0.2) is 69.4 Å². The molecule has 1 fully saturated rings. The predicted octanol–water partition coefficient (Wildman–Crippen LogP) is 0.0206. The van der Waals surface area contributed by atoms with Crippen LogP contribution in [0.3, 0.4) is 0 Å². The third-order valence-electron chi connectivity index (χ3n) is 5.71. The largest absolute Gasteiger partial charge is 0.496 e. The minimum atomic E-state index is -1.90. The number of hydrogen-bond donors (Lipinski definition) is 5. The molecule has 9 nitrogen and oxygen atoms in total. The maximum absolute atomic E-state index is 12.9. The van der Waals surface area contributed by atoms with Crippen molar-refractivity contribution in [3.8, 4) is 11.5 Å². The Labute approximate surface area is 178 Å². The van der Waals surface area contributed by atoms with E-state index in [-0.39, 0.29) is 29.0 Å². The molecule has 0 bridgehead atoms. The Balaban J connectivity index is 1.77. The molecule has 0 aliphatic carbocycles. The quantitative estimate of drug-likeness (QED) is 0.451. The predicted molar refractivity (Wildman–Crippen MR) is 106 cm³/mol. The van der Waals surface area contributed by atoms with Crippen LogP contribution in [0.5, 0.6) is 11.5 Å². The molecule has 166 valence electrons. The highest BCUT2D eigenvalue weighted by Crippen LogP contribution is 2.45. The van der Waals surface area contributed by atoms with Crippen LogP contribution in [0, 0.1) is 0 Å². The van der Waals surface area contributed by atoms with Gasteiger partial charge in [-0.2, -0.15) is 0 Å². The van der Waals surface area contributed by atoms with Crippen molar-refractivity contribution in [1.82, 2.24) is 0 Å². The van der Waals surface area contributed by atoms with Gasteiger partial charge in [-0.05, 0) is 17.7 Å². The van der Waals surface area contributed by atoms with Crippen molar-refractivity contribution >= 4 is 5.78 Å². The molecule has 0 amide bonds. The van der Waals surface area contributed by atoms with Crippen LogP contribution in [0.1, 0.15) is 34.0 Å². The maximum Gasteiger partial charge on any atom is 0.242 e. The summed E-state index contributed by atoms with van der Waals surface area (Å²) in [5.74, 6) is -2.13. The lowest BCUT2D eigenvalue weighted by Gasteiger charge is -2.41. The van der Waals surface area contributed by atoms with Crippen LogP contribution in [0.25, 0.3) is 0 Å². The van der Waals surface area contributed by atoms with E-state index in [1.807, 2.05) is 0 Å². The molecule has 1 unspecified atom stereocenters. The summed E-state index contributed by atoms with van der Waals surface area (Å²) in [6.45, 7) is -0.577. The van der Waals surface area contributed by atoms with Crippen molar-refractivity contribution < 1.29 is 44.5 Å². The van der Waals surface area contributed by atoms with Gasteiger partial charge >= 0.3 is 0 Å². The van der Waals surface area contributed by atoms with Gasteiger partial charge in [-0.25, -0.2) is 0 Å². The Morgan fingerprint density at radius 3 is 2.45 bits per heavy atom. The highest BCUT2D eigenvalue weighted by atomic mass is 16.6. The fraction of sp³-hybridized carbons (Fsp3) is 0.409. The van der Waals surface area contributed by atoms with Crippen LogP contribution in [0.4, 0.5) is 0 Å². The van der Waals surface area contributed by atoms with Gasteiger partial charge in [-0.3, -0.25) is 4.79 Å². The number of fused-ring (bicyclic) bond motifs is 1. The monoisotopic (exact) mass is 432 g/mol. The number of Topliss-reactive ketones (excluding diaryl/α,β-unsaturated/α-hetero) is 1. The lowest BCUT2D eigenvalue weighted by atomic mass is 9.88. The van der Waals surface area contributed by atoms with E-state index in [4.69, 9.17) is 14.2 Å². The van der Waals surface area contributed by atoms with Gasteiger partial charge in [0.2, 0.25) is 5.79 Å². The number of carbonyl (C=O) groups is 1. The number of aliphatic hydroxyl groups is 5. The second-order valence-corrected chi connectivity index (χ2v) is 7.70. The smallest absolute Gasteiger partial charge is 0.242 e. The lowest BCUT2D eigenvalue weighted by molar-refractivity contribution is -0.231. The number of ether oxygens (including phenoxy) is 3. The van der Waals surface area contributed by atoms with E-state index in [9.17, 15) is 30.3 Å². The highest BCUT2D eigenvalue weighted by molar-refractivity contribution is 6.03. The molecule has 9 heteroatoms. The number of ketones is 1. The summed E-state index contributed by atoms with van der Waals surface area (Å²) in [4.78, 5) is 12.9. The first-order chi connectivity index (χ1) is 14.8. The number of hydrogen-bond acceptors (Lipinski definition) is 9. The van der Waals surface area contributed by atoms with Gasteiger partial charge in [-0.15, -0.1) is 0 Å². The molecular formula is C22H24O9. The van der Waals surface area contributed by atoms with Crippen molar-refractivity contribution in [3.63, 3.8) is 0 Å². The number of carbonyl (C=O) groups excluding carboxylic acids is 1. The minimum absolute atomic E-state index is 0.0221. The Kier molecular flexibility index (Phi) is 5.73. The van der Waals surface area contributed by atoms with E-state index in [1.54, 1.807) is 30.3 Å². The molecule has 0 spiro atoms. The molecule has 2 aliphatic rings. The summed E-state index contributed by atoms with van der Waals surface area (Å²) in [5.41, 5.74) is 0.806. The standard InChI is InChI=1S/C22H24O9/c1-29-14-7-11(21-20(27)19(26)18(25)16(10-23)30-21)8-15-17(14)13(24)9-22(28,31-15)12-5-3-2-4-6-12/h2-8,16,18-21,23,25-28H,9-10H2,1H3/t16-,18-,19+,20-,21+,22?/m1/s1. The van der Waals surface area contributed by atoms with Crippen LogP contribution in [0.15, 0.2) is 42.5 Å². The van der Waals surface area contributed by atoms with Crippen molar-refractivity contribution in [1.29, 1.82) is 0 Å². The van der Waals surface area contributed by atoms with Crippen LogP contribution in [-0.2, 0) is 10.5 Å². The lowest BCUT2D eigenvalue weighted by Crippen LogP contribution is -2.55. The van der Waals surface area contributed by atoms with Crippen molar-refractivity contribution in [2.75, 3.05) is 13.7 Å². The van der Waals surface area contributed by atoms with Gasteiger partial charge in [0.25, 0.3) is 0 Å². The molecule has 2 aliphatic heterocycles. The number of aliphatic hydroxyl groups excluding tert-OH is 4. The number of methoxy groups -OCH3 is 1. The zero-order valence-electron chi connectivity index (χ0n) is 16.7.